The molecule has 0 saturated heterocycles. The summed E-state index contributed by atoms with van der Waals surface area (Å²) < 4.78 is 2.17. The van der Waals surface area contributed by atoms with Crippen LogP contribution in [0.15, 0.2) is 29.8 Å². The Morgan fingerprint density at radius 3 is 2.52 bits per heavy atom. The summed E-state index contributed by atoms with van der Waals surface area (Å²) in [4.78, 5) is 12.7. The molecular weight excluding hydrogens is 358 g/mol. The van der Waals surface area contributed by atoms with E-state index in [2.05, 4.69) is 61.8 Å². The van der Waals surface area contributed by atoms with Gasteiger partial charge in [0.05, 0.1) is 0 Å². The summed E-state index contributed by atoms with van der Waals surface area (Å²) in [7, 11) is 0. The van der Waals surface area contributed by atoms with Crippen LogP contribution in [0.3, 0.4) is 0 Å². The van der Waals surface area contributed by atoms with Gasteiger partial charge in [-0.3, -0.25) is 4.79 Å². The molecule has 0 spiro atoms. The van der Waals surface area contributed by atoms with Gasteiger partial charge in [0.2, 0.25) is 0 Å². The molecule has 1 aromatic carbocycles. The molecule has 1 fully saturated rings. The van der Waals surface area contributed by atoms with Gasteiger partial charge in [-0.2, -0.15) is 5.26 Å². The van der Waals surface area contributed by atoms with E-state index in [0.29, 0.717) is 5.92 Å². The minimum Gasteiger partial charge on any atom is -0.348 e. The van der Waals surface area contributed by atoms with Crippen LogP contribution in [0.4, 0.5) is 0 Å². The van der Waals surface area contributed by atoms with Crippen LogP contribution in [0, 0.1) is 44.9 Å². The van der Waals surface area contributed by atoms with Crippen molar-refractivity contribution in [2.75, 3.05) is 0 Å². The molecule has 1 saturated carbocycles. The maximum atomic E-state index is 12.7. The molecule has 4 nitrogen and oxygen atoms in total. The zero-order valence-corrected chi connectivity index (χ0v) is 18.2. The van der Waals surface area contributed by atoms with Gasteiger partial charge < -0.3 is 9.88 Å². The van der Waals surface area contributed by atoms with Crippen molar-refractivity contribution in [3.8, 4) is 11.8 Å². The van der Waals surface area contributed by atoms with Crippen molar-refractivity contribution in [2.45, 2.75) is 66.3 Å². The molecule has 152 valence electrons. The van der Waals surface area contributed by atoms with E-state index < -0.39 is 0 Å². The summed E-state index contributed by atoms with van der Waals surface area (Å²) in [6.07, 6.45) is 6.21. The second kappa shape index (κ2) is 8.69. The summed E-state index contributed by atoms with van der Waals surface area (Å²) in [5.74, 6) is 0.199. The highest BCUT2D eigenvalue weighted by atomic mass is 16.1. The molecule has 1 N–H and O–H groups in total. The molecule has 0 unspecified atom stereocenters. The molecule has 2 aromatic rings. The van der Waals surface area contributed by atoms with Crippen LogP contribution in [0.1, 0.15) is 60.7 Å². The van der Waals surface area contributed by atoms with Crippen molar-refractivity contribution in [2.24, 2.45) is 5.92 Å². The Labute approximate surface area is 174 Å². The summed E-state index contributed by atoms with van der Waals surface area (Å²) in [5, 5.41) is 12.7. The van der Waals surface area contributed by atoms with Gasteiger partial charge in [0, 0.05) is 23.1 Å². The number of carbonyl (C=O) groups excluding carboxylic acids is 1. The Kier molecular flexibility index (Phi) is 6.27. The highest BCUT2D eigenvalue weighted by Gasteiger charge is 2.24. The third-order valence-corrected chi connectivity index (χ3v) is 6.31. The van der Waals surface area contributed by atoms with Crippen LogP contribution in [0.2, 0.25) is 0 Å². The lowest BCUT2D eigenvalue weighted by molar-refractivity contribution is -0.118. The maximum Gasteiger partial charge on any atom is 0.262 e. The maximum absolute atomic E-state index is 12.7. The molecule has 1 aromatic heterocycles. The Morgan fingerprint density at radius 2 is 1.86 bits per heavy atom. The fraction of sp³-hybridized carbons (Fsp3) is 0.440. The molecule has 1 aliphatic carbocycles. The Balaban J connectivity index is 1.89. The van der Waals surface area contributed by atoms with Gasteiger partial charge in [-0.25, -0.2) is 0 Å². The summed E-state index contributed by atoms with van der Waals surface area (Å²) in [6, 6.07) is 10.7. The number of aryl methyl sites for hydroxylation is 3. The smallest absolute Gasteiger partial charge is 0.262 e. The number of aromatic nitrogens is 1. The second-order valence-corrected chi connectivity index (χ2v) is 8.44. The molecule has 4 heteroatoms. The molecule has 1 amide bonds. The SMILES string of the molecule is Cc1ccc(-n2c(C)cc(/C=C(\C#N)C(=O)N[C@H]3CCCC[C@@H]3C)c2C)cc1C. The predicted octanol–water partition coefficient (Wildman–Crippen LogP) is 5.31. The highest BCUT2D eigenvalue weighted by Crippen LogP contribution is 2.26. The van der Waals surface area contributed by atoms with Crippen LogP contribution in [-0.4, -0.2) is 16.5 Å². The predicted molar refractivity (Wildman–Crippen MR) is 118 cm³/mol. The summed E-state index contributed by atoms with van der Waals surface area (Å²) >= 11 is 0. The van der Waals surface area contributed by atoms with E-state index in [-0.39, 0.29) is 17.5 Å². The molecule has 0 aliphatic heterocycles. The van der Waals surface area contributed by atoms with Crippen LogP contribution < -0.4 is 5.32 Å². The first-order chi connectivity index (χ1) is 13.8. The summed E-state index contributed by atoms with van der Waals surface area (Å²) in [5.41, 5.74) is 6.78. The number of nitriles is 1. The van der Waals surface area contributed by atoms with E-state index in [0.717, 1.165) is 41.9 Å². The van der Waals surface area contributed by atoms with Crippen molar-refractivity contribution in [3.63, 3.8) is 0 Å². The second-order valence-electron chi connectivity index (χ2n) is 8.44. The number of benzene rings is 1. The average molecular weight is 390 g/mol. The molecule has 2 atom stereocenters. The molecule has 1 heterocycles. The highest BCUT2D eigenvalue weighted by molar-refractivity contribution is 6.02. The lowest BCUT2D eigenvalue weighted by atomic mass is 9.86. The number of hydrogen-bond donors (Lipinski definition) is 1. The molecule has 29 heavy (non-hydrogen) atoms. The van der Waals surface area contributed by atoms with Crippen molar-refractivity contribution in [1.82, 2.24) is 9.88 Å². The first kappa shape index (κ1) is 20.9. The zero-order valence-electron chi connectivity index (χ0n) is 18.2. The molecule has 0 radical (unpaired) electrons. The van der Waals surface area contributed by atoms with Crippen LogP contribution in [0.25, 0.3) is 11.8 Å². The third kappa shape index (κ3) is 4.45. The largest absolute Gasteiger partial charge is 0.348 e. The standard InChI is InChI=1S/C25H31N3O/c1-16-10-11-23(12-18(16)3)28-19(4)13-21(20(28)5)14-22(15-26)25(29)27-24-9-7-6-8-17(24)2/h10-14,17,24H,6-9H2,1-5H3,(H,27,29)/b22-14+/t17-,24-/m0/s1. The number of rotatable bonds is 4. The molecule has 0 bridgehead atoms. The minimum absolute atomic E-state index is 0.163. The van der Waals surface area contributed by atoms with E-state index in [9.17, 15) is 10.1 Å². The number of nitrogens with zero attached hydrogens (tertiary/aromatic N) is 2. The lowest BCUT2D eigenvalue weighted by Gasteiger charge is -2.29. The first-order valence-corrected chi connectivity index (χ1v) is 10.5. The van der Waals surface area contributed by atoms with Gasteiger partial charge in [0.1, 0.15) is 11.6 Å². The fourth-order valence-electron chi connectivity index (χ4n) is 4.28. The van der Waals surface area contributed by atoms with Crippen LogP contribution in [-0.2, 0) is 4.79 Å². The number of hydrogen-bond acceptors (Lipinski definition) is 2. The van der Waals surface area contributed by atoms with E-state index in [4.69, 9.17) is 0 Å². The quantitative estimate of drug-likeness (QED) is 0.569. The van der Waals surface area contributed by atoms with Crippen molar-refractivity contribution >= 4 is 12.0 Å². The Bertz CT molecular complexity index is 990. The van der Waals surface area contributed by atoms with E-state index in [1.165, 1.54) is 17.5 Å². The average Bonchev–Trinajstić information content (AvgIpc) is 2.97. The Hall–Kier alpha value is -2.80. The van der Waals surface area contributed by atoms with Gasteiger partial charge in [-0.05, 0) is 87.4 Å². The van der Waals surface area contributed by atoms with Crippen molar-refractivity contribution < 1.29 is 4.79 Å². The third-order valence-electron chi connectivity index (χ3n) is 6.31. The zero-order chi connectivity index (χ0) is 21.1. The Morgan fingerprint density at radius 1 is 1.14 bits per heavy atom. The number of carbonyl (C=O) groups is 1. The van der Waals surface area contributed by atoms with E-state index in [1.807, 2.05) is 13.0 Å². The molecule has 3 rings (SSSR count). The van der Waals surface area contributed by atoms with E-state index >= 15 is 0 Å². The van der Waals surface area contributed by atoms with Crippen molar-refractivity contribution in [1.29, 1.82) is 5.26 Å². The van der Waals surface area contributed by atoms with Crippen LogP contribution in [0.5, 0.6) is 0 Å². The van der Waals surface area contributed by atoms with E-state index in [1.54, 1.807) is 6.08 Å². The van der Waals surface area contributed by atoms with Crippen LogP contribution >= 0.6 is 0 Å². The topological polar surface area (TPSA) is 57.8 Å². The number of nitrogens with one attached hydrogen (secondary N) is 1. The van der Waals surface area contributed by atoms with Gasteiger partial charge in [-0.15, -0.1) is 0 Å². The first-order valence-electron chi connectivity index (χ1n) is 10.5. The summed E-state index contributed by atoms with van der Waals surface area (Å²) in [6.45, 7) is 10.5. The monoisotopic (exact) mass is 389 g/mol. The fourth-order valence-corrected chi connectivity index (χ4v) is 4.28. The van der Waals surface area contributed by atoms with Gasteiger partial charge in [0.15, 0.2) is 0 Å². The van der Waals surface area contributed by atoms with Gasteiger partial charge in [-0.1, -0.05) is 25.8 Å². The normalized spacial score (nSPS) is 19.7. The van der Waals surface area contributed by atoms with Gasteiger partial charge in [0.25, 0.3) is 5.91 Å². The lowest BCUT2D eigenvalue weighted by Crippen LogP contribution is -2.41. The minimum atomic E-state index is -0.262. The van der Waals surface area contributed by atoms with Gasteiger partial charge >= 0.3 is 0 Å². The number of amides is 1. The molecule has 1 aliphatic rings. The molecular formula is C25H31N3O. The van der Waals surface area contributed by atoms with Crippen molar-refractivity contribution in [3.05, 3.63) is 57.9 Å².